The number of hydrogen-bond acceptors (Lipinski definition) is 3. The summed E-state index contributed by atoms with van der Waals surface area (Å²) < 4.78 is 4.54. The molecule has 3 nitrogen and oxygen atoms in total. The molecular formula is C8H12O3. The predicted octanol–water partition coefficient (Wildman–Crippen LogP) is 0.631. The number of esters is 1. The summed E-state index contributed by atoms with van der Waals surface area (Å²) in [6.45, 7) is 0. The van der Waals surface area contributed by atoms with Crippen LogP contribution in [0.4, 0.5) is 0 Å². The van der Waals surface area contributed by atoms with Gasteiger partial charge < -0.3 is 9.84 Å². The zero-order chi connectivity index (χ0) is 8.27. The van der Waals surface area contributed by atoms with Crippen LogP contribution in [0.2, 0.25) is 0 Å². The normalized spacial score (nSPS) is 24.2. The molecule has 0 bridgehead atoms. The van der Waals surface area contributed by atoms with Gasteiger partial charge in [0.05, 0.1) is 13.2 Å². The SMILES string of the molecule is COC(=O)C1=CC[C@@H](O)CC1. The van der Waals surface area contributed by atoms with Crippen molar-refractivity contribution >= 4 is 5.97 Å². The van der Waals surface area contributed by atoms with Gasteiger partial charge in [-0.15, -0.1) is 0 Å². The maximum atomic E-state index is 10.9. The van der Waals surface area contributed by atoms with Crippen LogP contribution in [0.25, 0.3) is 0 Å². The summed E-state index contributed by atoms with van der Waals surface area (Å²) in [6, 6.07) is 0. The number of carbonyl (C=O) groups is 1. The average Bonchev–Trinajstić information content (AvgIpc) is 2.05. The first-order valence-corrected chi connectivity index (χ1v) is 3.69. The van der Waals surface area contributed by atoms with Gasteiger partial charge in [-0.05, 0) is 19.3 Å². The van der Waals surface area contributed by atoms with E-state index < -0.39 is 0 Å². The molecule has 1 aliphatic carbocycles. The zero-order valence-electron chi connectivity index (χ0n) is 6.54. The molecule has 0 saturated carbocycles. The summed E-state index contributed by atoms with van der Waals surface area (Å²) in [5.74, 6) is -0.267. The van der Waals surface area contributed by atoms with Gasteiger partial charge in [0.2, 0.25) is 0 Å². The highest BCUT2D eigenvalue weighted by atomic mass is 16.5. The molecule has 0 unspecified atom stereocenters. The minimum Gasteiger partial charge on any atom is -0.466 e. The Labute approximate surface area is 65.7 Å². The van der Waals surface area contributed by atoms with Crippen molar-refractivity contribution in [1.82, 2.24) is 0 Å². The zero-order valence-corrected chi connectivity index (χ0v) is 6.54. The van der Waals surface area contributed by atoms with Crippen molar-refractivity contribution in [3.63, 3.8) is 0 Å². The van der Waals surface area contributed by atoms with E-state index in [0.29, 0.717) is 24.8 Å². The third kappa shape index (κ3) is 2.05. The Bertz CT molecular complexity index is 184. The van der Waals surface area contributed by atoms with Crippen molar-refractivity contribution in [3.05, 3.63) is 11.6 Å². The van der Waals surface area contributed by atoms with Crippen LogP contribution >= 0.6 is 0 Å². The number of hydrogen-bond donors (Lipinski definition) is 1. The number of rotatable bonds is 1. The second kappa shape index (κ2) is 3.53. The van der Waals surface area contributed by atoms with Crippen molar-refractivity contribution in [2.24, 2.45) is 0 Å². The van der Waals surface area contributed by atoms with Crippen LogP contribution in [-0.4, -0.2) is 24.3 Å². The molecule has 1 N–H and O–H groups in total. The van der Waals surface area contributed by atoms with Crippen LogP contribution in [0.1, 0.15) is 19.3 Å². The Morgan fingerprint density at radius 3 is 3.00 bits per heavy atom. The molecule has 3 heteroatoms. The third-order valence-electron chi connectivity index (χ3n) is 1.83. The van der Waals surface area contributed by atoms with Crippen LogP contribution in [0.15, 0.2) is 11.6 Å². The van der Waals surface area contributed by atoms with Crippen LogP contribution in [0, 0.1) is 0 Å². The molecule has 1 aliphatic rings. The van der Waals surface area contributed by atoms with Crippen LogP contribution in [-0.2, 0) is 9.53 Å². The highest BCUT2D eigenvalue weighted by Gasteiger charge is 2.16. The van der Waals surface area contributed by atoms with E-state index in [9.17, 15) is 4.79 Å². The minimum atomic E-state index is -0.275. The Balaban J connectivity index is 2.54. The predicted molar refractivity (Wildman–Crippen MR) is 40.0 cm³/mol. The standard InChI is InChI=1S/C8H12O3/c1-11-8(10)6-2-4-7(9)5-3-6/h2,7,9H,3-5H2,1H3/t7-/m1/s1. The highest BCUT2D eigenvalue weighted by molar-refractivity contribution is 5.88. The van der Waals surface area contributed by atoms with Crippen molar-refractivity contribution in [1.29, 1.82) is 0 Å². The van der Waals surface area contributed by atoms with Crippen molar-refractivity contribution in [2.45, 2.75) is 25.4 Å². The van der Waals surface area contributed by atoms with Gasteiger partial charge in [-0.1, -0.05) is 6.08 Å². The molecule has 0 aromatic heterocycles. The van der Waals surface area contributed by atoms with Crippen molar-refractivity contribution in [3.8, 4) is 0 Å². The van der Waals surface area contributed by atoms with Gasteiger partial charge in [0.25, 0.3) is 0 Å². The van der Waals surface area contributed by atoms with E-state index in [-0.39, 0.29) is 12.1 Å². The first-order valence-electron chi connectivity index (χ1n) is 3.69. The molecule has 0 spiro atoms. The fourth-order valence-corrected chi connectivity index (χ4v) is 1.14. The molecule has 1 rings (SSSR count). The molecule has 62 valence electrons. The van der Waals surface area contributed by atoms with Crippen LogP contribution in [0.5, 0.6) is 0 Å². The lowest BCUT2D eigenvalue weighted by atomic mass is 9.97. The van der Waals surface area contributed by atoms with E-state index in [0.717, 1.165) is 0 Å². The van der Waals surface area contributed by atoms with E-state index in [4.69, 9.17) is 5.11 Å². The summed E-state index contributed by atoms with van der Waals surface area (Å²) in [5.41, 5.74) is 0.692. The lowest BCUT2D eigenvalue weighted by Crippen LogP contribution is -2.15. The monoisotopic (exact) mass is 156 g/mol. The topological polar surface area (TPSA) is 46.5 Å². The lowest BCUT2D eigenvalue weighted by molar-refractivity contribution is -0.136. The molecule has 0 radical (unpaired) electrons. The highest BCUT2D eigenvalue weighted by Crippen LogP contribution is 2.18. The second-order valence-corrected chi connectivity index (χ2v) is 2.65. The number of ether oxygens (including phenoxy) is 1. The van der Waals surface area contributed by atoms with Crippen LogP contribution in [0.3, 0.4) is 0 Å². The van der Waals surface area contributed by atoms with Crippen molar-refractivity contribution < 1.29 is 14.6 Å². The molecular weight excluding hydrogens is 144 g/mol. The van der Waals surface area contributed by atoms with Gasteiger partial charge >= 0.3 is 5.97 Å². The molecule has 0 saturated heterocycles. The van der Waals surface area contributed by atoms with Gasteiger partial charge in [-0.25, -0.2) is 4.79 Å². The number of aliphatic hydroxyl groups is 1. The van der Waals surface area contributed by atoms with E-state index in [1.54, 1.807) is 6.08 Å². The Morgan fingerprint density at radius 2 is 2.55 bits per heavy atom. The van der Waals surface area contributed by atoms with Gasteiger partial charge in [0, 0.05) is 5.57 Å². The summed E-state index contributed by atoms with van der Waals surface area (Å²) in [4.78, 5) is 10.9. The van der Waals surface area contributed by atoms with Crippen molar-refractivity contribution in [2.75, 3.05) is 7.11 Å². The summed E-state index contributed by atoms with van der Waals surface area (Å²) in [5, 5.41) is 9.08. The molecule has 0 fully saturated rings. The maximum absolute atomic E-state index is 10.9. The number of methoxy groups -OCH3 is 1. The fraction of sp³-hybridized carbons (Fsp3) is 0.625. The molecule has 0 aromatic rings. The van der Waals surface area contributed by atoms with Gasteiger partial charge in [-0.2, -0.15) is 0 Å². The molecule has 11 heavy (non-hydrogen) atoms. The van der Waals surface area contributed by atoms with Crippen LogP contribution < -0.4 is 0 Å². The summed E-state index contributed by atoms with van der Waals surface area (Å²) in [7, 11) is 1.37. The van der Waals surface area contributed by atoms with E-state index >= 15 is 0 Å². The maximum Gasteiger partial charge on any atom is 0.333 e. The van der Waals surface area contributed by atoms with Gasteiger partial charge in [-0.3, -0.25) is 0 Å². The first kappa shape index (κ1) is 8.27. The molecule has 0 heterocycles. The summed E-state index contributed by atoms with van der Waals surface area (Å²) in [6.07, 6.45) is 3.35. The van der Waals surface area contributed by atoms with Gasteiger partial charge in [0.1, 0.15) is 0 Å². The average molecular weight is 156 g/mol. The first-order chi connectivity index (χ1) is 5.24. The van der Waals surface area contributed by atoms with E-state index in [1.807, 2.05) is 0 Å². The number of carbonyl (C=O) groups excluding carboxylic acids is 1. The smallest absolute Gasteiger partial charge is 0.333 e. The van der Waals surface area contributed by atoms with E-state index in [2.05, 4.69) is 4.74 Å². The summed E-state index contributed by atoms with van der Waals surface area (Å²) >= 11 is 0. The van der Waals surface area contributed by atoms with E-state index in [1.165, 1.54) is 7.11 Å². The Morgan fingerprint density at radius 1 is 1.82 bits per heavy atom. The Hall–Kier alpha value is -0.830. The third-order valence-corrected chi connectivity index (χ3v) is 1.83. The number of aliphatic hydroxyl groups excluding tert-OH is 1. The van der Waals surface area contributed by atoms with Gasteiger partial charge in [0.15, 0.2) is 0 Å². The minimum absolute atomic E-state index is 0.267. The second-order valence-electron chi connectivity index (χ2n) is 2.65. The molecule has 1 atom stereocenters. The fourth-order valence-electron chi connectivity index (χ4n) is 1.14. The quantitative estimate of drug-likeness (QED) is 0.566. The Kier molecular flexibility index (Phi) is 2.65. The largest absolute Gasteiger partial charge is 0.466 e. The molecule has 0 aliphatic heterocycles. The molecule has 0 amide bonds. The molecule has 0 aromatic carbocycles. The lowest BCUT2D eigenvalue weighted by Gasteiger charge is -2.15.